The van der Waals surface area contributed by atoms with Gasteiger partial charge in [0.05, 0.1) is 0 Å². The number of rotatable bonds is 1. The van der Waals surface area contributed by atoms with Crippen molar-refractivity contribution in [2.75, 3.05) is 5.73 Å². The second-order valence-electron chi connectivity index (χ2n) is 2.34. The van der Waals surface area contributed by atoms with E-state index in [1.807, 2.05) is 25.1 Å². The van der Waals surface area contributed by atoms with Crippen molar-refractivity contribution in [3.63, 3.8) is 0 Å². The molecular weight excluding hydrogens is 122 g/mol. The Kier molecular flexibility index (Phi) is 1.76. The highest BCUT2D eigenvalue weighted by Crippen LogP contribution is 2.13. The fourth-order valence-electron chi connectivity index (χ4n) is 0.880. The Morgan fingerprint density at radius 3 is 2.80 bits per heavy atom. The molecule has 0 amide bonds. The van der Waals surface area contributed by atoms with Crippen LogP contribution in [0, 0.1) is 6.92 Å². The molecule has 10 heavy (non-hydrogen) atoms. The van der Waals surface area contributed by atoms with Crippen LogP contribution < -0.4 is 5.73 Å². The van der Waals surface area contributed by atoms with Gasteiger partial charge in [0.25, 0.3) is 0 Å². The summed E-state index contributed by atoms with van der Waals surface area (Å²) in [7, 11) is 0. The van der Waals surface area contributed by atoms with Crippen LogP contribution in [0.2, 0.25) is 0 Å². The zero-order valence-corrected chi connectivity index (χ0v) is 6.09. The minimum absolute atomic E-state index is 0. The molecule has 1 heteroatoms. The highest BCUT2D eigenvalue weighted by atomic mass is 14.5. The minimum atomic E-state index is 0. The topological polar surface area (TPSA) is 26.0 Å². The van der Waals surface area contributed by atoms with Crippen molar-refractivity contribution in [3.8, 4) is 0 Å². The van der Waals surface area contributed by atoms with Gasteiger partial charge in [0.2, 0.25) is 0 Å². The zero-order chi connectivity index (χ0) is 7.56. The molecule has 0 aromatic heterocycles. The number of benzene rings is 1. The molecule has 1 nitrogen and oxygen atoms in total. The summed E-state index contributed by atoms with van der Waals surface area (Å²) in [6, 6.07) is 5.93. The van der Waals surface area contributed by atoms with Crippen molar-refractivity contribution in [3.05, 3.63) is 35.9 Å². The second kappa shape index (κ2) is 2.56. The number of nitrogens with two attached hydrogens (primary N) is 1. The Labute approximate surface area is 62.7 Å². The summed E-state index contributed by atoms with van der Waals surface area (Å²) in [6.07, 6.45) is 1.76. The van der Waals surface area contributed by atoms with Gasteiger partial charge in [0.1, 0.15) is 0 Å². The largest absolute Gasteiger partial charge is 0.398 e. The van der Waals surface area contributed by atoms with Gasteiger partial charge in [-0.3, -0.25) is 0 Å². The number of hydrogen-bond acceptors (Lipinski definition) is 1. The minimum Gasteiger partial charge on any atom is -0.398 e. The lowest BCUT2D eigenvalue weighted by atomic mass is 10.1. The van der Waals surface area contributed by atoms with Crippen LogP contribution in [-0.2, 0) is 0 Å². The van der Waals surface area contributed by atoms with E-state index in [-0.39, 0.29) is 1.43 Å². The van der Waals surface area contributed by atoms with Crippen LogP contribution in [0.1, 0.15) is 12.6 Å². The van der Waals surface area contributed by atoms with Crippen molar-refractivity contribution in [2.24, 2.45) is 0 Å². The van der Waals surface area contributed by atoms with Gasteiger partial charge >= 0.3 is 0 Å². The van der Waals surface area contributed by atoms with Gasteiger partial charge in [0, 0.05) is 7.11 Å². The van der Waals surface area contributed by atoms with E-state index in [1.54, 1.807) is 6.08 Å². The van der Waals surface area contributed by atoms with Crippen LogP contribution in [0.4, 0.5) is 5.69 Å². The van der Waals surface area contributed by atoms with Crippen LogP contribution in [0.5, 0.6) is 0 Å². The first-order valence-corrected chi connectivity index (χ1v) is 3.22. The van der Waals surface area contributed by atoms with E-state index in [0.717, 1.165) is 11.3 Å². The third kappa shape index (κ3) is 1.18. The van der Waals surface area contributed by atoms with E-state index >= 15 is 0 Å². The number of anilines is 1. The lowest BCUT2D eigenvalue weighted by Gasteiger charge is -1.99. The van der Waals surface area contributed by atoms with Gasteiger partial charge in [0.15, 0.2) is 0 Å². The lowest BCUT2D eigenvalue weighted by molar-refractivity contribution is 1.46. The van der Waals surface area contributed by atoms with Gasteiger partial charge < -0.3 is 5.73 Å². The molecule has 0 atom stereocenters. The summed E-state index contributed by atoms with van der Waals surface area (Å²) < 4.78 is 0. The fourth-order valence-corrected chi connectivity index (χ4v) is 0.880. The van der Waals surface area contributed by atoms with Crippen LogP contribution in [-0.4, -0.2) is 0 Å². The fraction of sp³-hybridized carbons (Fsp3) is 0.111. The second-order valence-corrected chi connectivity index (χ2v) is 2.34. The Bertz CT molecular complexity index is 256. The van der Waals surface area contributed by atoms with Gasteiger partial charge in [-0.1, -0.05) is 24.8 Å². The molecule has 0 heterocycles. The molecule has 0 unspecified atom stereocenters. The predicted octanol–water partition coefficient (Wildman–Crippen LogP) is 2.47. The Morgan fingerprint density at radius 1 is 1.60 bits per heavy atom. The standard InChI is InChI=1S/C9H11N.H2/c1-3-8-5-4-7(2)6-9(8)10;/h3-6H,1,10H2,2H3;1H. The molecule has 0 bridgehead atoms. The molecule has 1 aromatic rings. The Morgan fingerprint density at radius 2 is 2.30 bits per heavy atom. The first kappa shape index (κ1) is 6.87. The SMILES string of the molecule is C=Cc1ccc(C)cc1N.[HH]. The van der Waals surface area contributed by atoms with E-state index in [9.17, 15) is 0 Å². The van der Waals surface area contributed by atoms with Crippen LogP contribution in [0.15, 0.2) is 24.8 Å². The van der Waals surface area contributed by atoms with Gasteiger partial charge in [-0.05, 0) is 24.1 Å². The average Bonchev–Trinajstić information content (AvgIpc) is 1.88. The van der Waals surface area contributed by atoms with Crippen molar-refractivity contribution in [2.45, 2.75) is 6.92 Å². The lowest BCUT2D eigenvalue weighted by Crippen LogP contribution is -1.88. The van der Waals surface area contributed by atoms with Gasteiger partial charge in [-0.15, -0.1) is 0 Å². The maximum atomic E-state index is 5.66. The van der Waals surface area contributed by atoms with Crippen molar-refractivity contribution in [1.82, 2.24) is 0 Å². The van der Waals surface area contributed by atoms with Crippen molar-refractivity contribution in [1.29, 1.82) is 0 Å². The normalized spacial score (nSPS) is 9.30. The molecule has 0 saturated heterocycles. The quantitative estimate of drug-likeness (QED) is 0.588. The number of nitrogen functional groups attached to an aromatic ring is 1. The van der Waals surface area contributed by atoms with Gasteiger partial charge in [-0.25, -0.2) is 0 Å². The first-order chi connectivity index (χ1) is 4.74. The molecule has 0 fully saturated rings. The highest BCUT2D eigenvalue weighted by Gasteiger charge is 1.91. The van der Waals surface area contributed by atoms with E-state index in [0.29, 0.717) is 0 Å². The maximum absolute atomic E-state index is 5.66. The van der Waals surface area contributed by atoms with Crippen molar-refractivity contribution >= 4 is 11.8 Å². The molecule has 1 aromatic carbocycles. The summed E-state index contributed by atoms with van der Waals surface area (Å²) in [6.45, 7) is 5.66. The molecule has 0 aliphatic heterocycles. The molecule has 0 radical (unpaired) electrons. The molecule has 1 rings (SSSR count). The molecular formula is C9H13N. The molecule has 0 aliphatic carbocycles. The Balaban J connectivity index is 0.000001000. The summed E-state index contributed by atoms with van der Waals surface area (Å²) in [5.41, 5.74) is 8.65. The molecule has 0 spiro atoms. The molecule has 2 N–H and O–H groups in total. The van der Waals surface area contributed by atoms with E-state index < -0.39 is 0 Å². The van der Waals surface area contributed by atoms with Crippen LogP contribution >= 0.6 is 0 Å². The summed E-state index contributed by atoms with van der Waals surface area (Å²) >= 11 is 0. The van der Waals surface area contributed by atoms with Gasteiger partial charge in [-0.2, -0.15) is 0 Å². The molecule has 54 valence electrons. The summed E-state index contributed by atoms with van der Waals surface area (Å²) in [5, 5.41) is 0. The third-order valence-corrected chi connectivity index (χ3v) is 1.46. The average molecular weight is 135 g/mol. The van der Waals surface area contributed by atoms with Crippen molar-refractivity contribution < 1.29 is 1.43 Å². The summed E-state index contributed by atoms with van der Waals surface area (Å²) in [5.74, 6) is 0. The summed E-state index contributed by atoms with van der Waals surface area (Å²) in [4.78, 5) is 0. The molecule has 0 saturated carbocycles. The van der Waals surface area contributed by atoms with E-state index in [2.05, 4.69) is 6.58 Å². The Hall–Kier alpha value is -1.24. The number of aryl methyl sites for hydroxylation is 1. The smallest absolute Gasteiger partial charge is 0.0390 e. The molecule has 0 aliphatic rings. The predicted molar refractivity (Wildman–Crippen MR) is 47.8 cm³/mol. The van der Waals surface area contributed by atoms with E-state index in [4.69, 9.17) is 5.73 Å². The third-order valence-electron chi connectivity index (χ3n) is 1.46. The maximum Gasteiger partial charge on any atom is 0.0390 e. The monoisotopic (exact) mass is 135 g/mol. The highest BCUT2D eigenvalue weighted by molar-refractivity contribution is 5.63. The zero-order valence-electron chi connectivity index (χ0n) is 6.09. The van der Waals surface area contributed by atoms with Crippen LogP contribution in [0.25, 0.3) is 6.08 Å². The number of hydrogen-bond donors (Lipinski definition) is 1. The van der Waals surface area contributed by atoms with E-state index in [1.165, 1.54) is 5.56 Å². The first-order valence-electron chi connectivity index (χ1n) is 3.22. The van der Waals surface area contributed by atoms with Crippen LogP contribution in [0.3, 0.4) is 0 Å².